The first-order valence-corrected chi connectivity index (χ1v) is 6.67. The molecule has 2 heteroatoms. The summed E-state index contributed by atoms with van der Waals surface area (Å²) in [4.78, 5) is 11.1. The smallest absolute Gasteiger partial charge is 0.330 e. The van der Waals surface area contributed by atoms with Gasteiger partial charge in [0.15, 0.2) is 0 Å². The third-order valence-corrected chi connectivity index (χ3v) is 3.31. The minimum Gasteiger partial charge on any atom is -0.478 e. The molecule has 1 unspecified atom stereocenters. The van der Waals surface area contributed by atoms with Gasteiger partial charge in [0.05, 0.1) is 0 Å². The van der Waals surface area contributed by atoms with Crippen LogP contribution in [0.15, 0.2) is 72.3 Å². The Morgan fingerprint density at radius 1 is 1.05 bits per heavy atom. The number of rotatable bonds is 5. The Bertz CT molecular complexity index is 585. The van der Waals surface area contributed by atoms with Crippen LogP contribution in [0.2, 0.25) is 0 Å². The minimum absolute atomic E-state index is 0.0784. The molecule has 0 bridgehead atoms. The molecule has 2 aromatic rings. The van der Waals surface area contributed by atoms with E-state index in [-0.39, 0.29) is 5.92 Å². The highest BCUT2D eigenvalue weighted by Gasteiger charge is 2.12. The second kappa shape index (κ2) is 6.71. The molecule has 0 radical (unpaired) electrons. The van der Waals surface area contributed by atoms with Gasteiger partial charge in [-0.2, -0.15) is 0 Å². The van der Waals surface area contributed by atoms with E-state index in [1.807, 2.05) is 54.6 Å². The highest BCUT2D eigenvalue weighted by Crippen LogP contribution is 2.23. The summed E-state index contributed by atoms with van der Waals surface area (Å²) < 4.78 is 0. The lowest BCUT2D eigenvalue weighted by atomic mass is 9.90. The van der Waals surface area contributed by atoms with E-state index in [1.165, 1.54) is 5.56 Å². The van der Waals surface area contributed by atoms with Gasteiger partial charge in [-0.1, -0.05) is 66.7 Å². The van der Waals surface area contributed by atoms with E-state index in [4.69, 9.17) is 5.11 Å². The van der Waals surface area contributed by atoms with Crippen LogP contribution in [0.5, 0.6) is 0 Å². The molecule has 0 amide bonds. The van der Waals surface area contributed by atoms with E-state index >= 15 is 0 Å². The number of allylic oxidation sites excluding steroid dienone is 1. The normalized spacial score (nSPS) is 12.9. The average Bonchev–Trinajstić information content (AvgIpc) is 2.48. The van der Waals surface area contributed by atoms with Crippen LogP contribution in [0.3, 0.4) is 0 Å². The summed E-state index contributed by atoms with van der Waals surface area (Å²) in [5.74, 6) is -0.784. The second-order valence-electron chi connectivity index (χ2n) is 4.86. The lowest BCUT2D eigenvalue weighted by Gasteiger charge is -2.14. The van der Waals surface area contributed by atoms with E-state index in [0.717, 1.165) is 12.0 Å². The Kier molecular flexibility index (Phi) is 4.72. The first kappa shape index (κ1) is 14.1. The Morgan fingerprint density at radius 3 is 2.15 bits per heavy atom. The number of hydrogen-bond acceptors (Lipinski definition) is 1. The van der Waals surface area contributed by atoms with Crippen molar-refractivity contribution in [3.63, 3.8) is 0 Å². The number of aliphatic carboxylic acids is 1. The predicted octanol–water partition coefficient (Wildman–Crippen LogP) is 4.04. The van der Waals surface area contributed by atoms with Crippen LogP contribution >= 0.6 is 0 Å². The lowest BCUT2D eigenvalue weighted by molar-refractivity contribution is -0.132. The molecule has 0 saturated heterocycles. The predicted molar refractivity (Wildman–Crippen MR) is 80.7 cm³/mol. The van der Waals surface area contributed by atoms with Crippen molar-refractivity contribution in [3.05, 3.63) is 83.4 Å². The standard InChI is InChI=1S/C18H18O2/c1-14(18(19)20)12-17(16-10-6-3-7-11-16)13-15-8-4-2-5-9-15/h2-12,17H,13H2,1H3,(H,19,20). The topological polar surface area (TPSA) is 37.3 Å². The van der Waals surface area contributed by atoms with Crippen molar-refractivity contribution >= 4 is 5.97 Å². The summed E-state index contributed by atoms with van der Waals surface area (Å²) in [5.41, 5.74) is 2.72. The van der Waals surface area contributed by atoms with Crippen LogP contribution in [0.1, 0.15) is 24.0 Å². The summed E-state index contributed by atoms with van der Waals surface area (Å²) in [6.07, 6.45) is 2.64. The van der Waals surface area contributed by atoms with Gasteiger partial charge in [0, 0.05) is 11.5 Å². The maximum absolute atomic E-state index is 11.1. The zero-order valence-electron chi connectivity index (χ0n) is 11.5. The Labute approximate surface area is 119 Å². The third kappa shape index (κ3) is 3.82. The van der Waals surface area contributed by atoms with Gasteiger partial charge in [-0.05, 0) is 24.5 Å². The maximum atomic E-state index is 11.1. The van der Waals surface area contributed by atoms with Crippen LogP contribution in [-0.2, 0) is 11.2 Å². The van der Waals surface area contributed by atoms with Crippen molar-refractivity contribution in [1.29, 1.82) is 0 Å². The number of carboxylic acids is 1. The monoisotopic (exact) mass is 266 g/mol. The second-order valence-corrected chi connectivity index (χ2v) is 4.86. The van der Waals surface area contributed by atoms with Crippen molar-refractivity contribution in [3.8, 4) is 0 Å². The molecule has 0 aliphatic carbocycles. The number of hydrogen-bond donors (Lipinski definition) is 1. The van der Waals surface area contributed by atoms with Crippen LogP contribution < -0.4 is 0 Å². The molecule has 1 N–H and O–H groups in total. The van der Waals surface area contributed by atoms with E-state index in [1.54, 1.807) is 6.92 Å². The zero-order chi connectivity index (χ0) is 14.4. The summed E-state index contributed by atoms with van der Waals surface area (Å²) in [5, 5.41) is 9.08. The first-order valence-electron chi connectivity index (χ1n) is 6.67. The first-order chi connectivity index (χ1) is 9.66. The number of carbonyl (C=O) groups is 1. The van der Waals surface area contributed by atoms with Gasteiger partial charge in [-0.25, -0.2) is 4.79 Å². The molecule has 102 valence electrons. The number of benzene rings is 2. The molecule has 2 nitrogen and oxygen atoms in total. The molecule has 0 saturated carbocycles. The summed E-state index contributed by atoms with van der Waals surface area (Å²) >= 11 is 0. The van der Waals surface area contributed by atoms with Crippen LogP contribution in [-0.4, -0.2) is 11.1 Å². The molecule has 0 heterocycles. The van der Waals surface area contributed by atoms with E-state index in [9.17, 15) is 4.79 Å². The van der Waals surface area contributed by atoms with E-state index in [2.05, 4.69) is 12.1 Å². The quantitative estimate of drug-likeness (QED) is 0.829. The molecule has 1 atom stereocenters. The van der Waals surface area contributed by atoms with Crippen molar-refractivity contribution in [2.24, 2.45) is 0 Å². The SMILES string of the molecule is CC(=CC(Cc1ccccc1)c1ccccc1)C(=O)O. The van der Waals surface area contributed by atoms with Crippen molar-refractivity contribution < 1.29 is 9.90 Å². The maximum Gasteiger partial charge on any atom is 0.330 e. The fourth-order valence-electron chi connectivity index (χ4n) is 2.21. The van der Waals surface area contributed by atoms with E-state index in [0.29, 0.717) is 5.57 Å². The molecular weight excluding hydrogens is 248 g/mol. The highest BCUT2D eigenvalue weighted by molar-refractivity contribution is 5.86. The average molecular weight is 266 g/mol. The third-order valence-electron chi connectivity index (χ3n) is 3.31. The molecule has 0 fully saturated rings. The van der Waals surface area contributed by atoms with E-state index < -0.39 is 5.97 Å². The summed E-state index contributed by atoms with van der Waals surface area (Å²) in [6.45, 7) is 1.64. The molecule has 0 aromatic heterocycles. The number of carboxylic acid groups (broad SMARTS) is 1. The largest absolute Gasteiger partial charge is 0.478 e. The van der Waals surface area contributed by atoms with Gasteiger partial charge >= 0.3 is 5.97 Å². The van der Waals surface area contributed by atoms with Crippen LogP contribution in [0, 0.1) is 0 Å². The fourth-order valence-corrected chi connectivity index (χ4v) is 2.21. The van der Waals surface area contributed by atoms with Crippen molar-refractivity contribution in [2.75, 3.05) is 0 Å². The molecule has 2 rings (SSSR count). The molecule has 0 aliphatic rings. The molecule has 0 aliphatic heterocycles. The van der Waals surface area contributed by atoms with Gasteiger partial charge < -0.3 is 5.11 Å². The van der Waals surface area contributed by atoms with Crippen LogP contribution in [0.25, 0.3) is 0 Å². The molecule has 20 heavy (non-hydrogen) atoms. The lowest BCUT2D eigenvalue weighted by Crippen LogP contribution is -2.04. The Morgan fingerprint density at radius 2 is 1.60 bits per heavy atom. The zero-order valence-corrected chi connectivity index (χ0v) is 11.5. The van der Waals surface area contributed by atoms with Gasteiger partial charge in [0.1, 0.15) is 0 Å². The summed E-state index contributed by atoms with van der Waals surface area (Å²) in [7, 11) is 0. The van der Waals surface area contributed by atoms with Gasteiger partial charge in [0.25, 0.3) is 0 Å². The van der Waals surface area contributed by atoms with Crippen molar-refractivity contribution in [2.45, 2.75) is 19.3 Å². The van der Waals surface area contributed by atoms with Gasteiger partial charge in [0.2, 0.25) is 0 Å². The van der Waals surface area contributed by atoms with Gasteiger partial charge in [-0.15, -0.1) is 0 Å². The minimum atomic E-state index is -0.862. The molecule has 2 aromatic carbocycles. The highest BCUT2D eigenvalue weighted by atomic mass is 16.4. The Hall–Kier alpha value is -2.35. The summed E-state index contributed by atoms with van der Waals surface area (Å²) in [6, 6.07) is 20.2. The molecular formula is C18H18O2. The molecule has 0 spiro atoms. The van der Waals surface area contributed by atoms with Crippen LogP contribution in [0.4, 0.5) is 0 Å². The van der Waals surface area contributed by atoms with Crippen molar-refractivity contribution in [1.82, 2.24) is 0 Å². The van der Waals surface area contributed by atoms with Gasteiger partial charge in [-0.3, -0.25) is 0 Å². The fraction of sp³-hybridized carbons (Fsp3) is 0.167. The Balaban J connectivity index is 2.30.